The molecule has 1 amide bonds. The van der Waals surface area contributed by atoms with E-state index in [2.05, 4.69) is 15.7 Å². The number of aliphatic hydroxyl groups is 1. The second-order valence-corrected chi connectivity index (χ2v) is 6.54. The molecular weight excluding hydrogens is 316 g/mol. The molecule has 1 heterocycles. The van der Waals surface area contributed by atoms with E-state index in [4.69, 9.17) is 5.11 Å². The van der Waals surface area contributed by atoms with E-state index in [0.717, 1.165) is 35.7 Å². The van der Waals surface area contributed by atoms with Gasteiger partial charge in [-0.3, -0.25) is 9.48 Å². The van der Waals surface area contributed by atoms with Gasteiger partial charge >= 0.3 is 0 Å². The maximum absolute atomic E-state index is 11.7. The fourth-order valence-electron chi connectivity index (χ4n) is 2.63. The van der Waals surface area contributed by atoms with Crippen molar-refractivity contribution >= 4 is 11.6 Å². The maximum Gasteiger partial charge on any atom is 0.226 e. The van der Waals surface area contributed by atoms with Gasteiger partial charge in [0.2, 0.25) is 5.91 Å². The number of rotatable bonds is 8. The zero-order valence-corrected chi connectivity index (χ0v) is 15.5. The first-order chi connectivity index (χ1) is 11.9. The van der Waals surface area contributed by atoms with Gasteiger partial charge in [0, 0.05) is 36.0 Å². The van der Waals surface area contributed by atoms with Gasteiger partial charge in [-0.2, -0.15) is 5.10 Å². The summed E-state index contributed by atoms with van der Waals surface area (Å²) in [7, 11) is 0. The van der Waals surface area contributed by atoms with E-state index in [0.29, 0.717) is 6.54 Å². The highest BCUT2D eigenvalue weighted by molar-refractivity contribution is 5.92. The van der Waals surface area contributed by atoms with Gasteiger partial charge in [-0.05, 0) is 31.5 Å². The molecule has 0 radical (unpaired) electrons. The maximum atomic E-state index is 11.7. The van der Waals surface area contributed by atoms with Crippen LogP contribution < -0.4 is 10.6 Å². The van der Waals surface area contributed by atoms with Crippen molar-refractivity contribution in [2.75, 3.05) is 11.9 Å². The van der Waals surface area contributed by atoms with E-state index >= 15 is 0 Å². The Balaban J connectivity index is 1.89. The predicted octanol–water partition coefficient (Wildman–Crippen LogP) is 2.38. The first-order valence-corrected chi connectivity index (χ1v) is 8.66. The molecule has 0 atom stereocenters. The van der Waals surface area contributed by atoms with Crippen LogP contribution in [0.3, 0.4) is 0 Å². The lowest BCUT2D eigenvalue weighted by Gasteiger charge is -2.09. The minimum Gasteiger partial charge on any atom is -0.394 e. The van der Waals surface area contributed by atoms with Crippen molar-refractivity contribution in [3.63, 3.8) is 0 Å². The van der Waals surface area contributed by atoms with Crippen LogP contribution in [-0.4, -0.2) is 27.4 Å². The van der Waals surface area contributed by atoms with Gasteiger partial charge in [-0.1, -0.05) is 26.0 Å². The quantitative estimate of drug-likeness (QED) is 0.687. The molecule has 0 aliphatic heterocycles. The van der Waals surface area contributed by atoms with Gasteiger partial charge < -0.3 is 15.7 Å². The van der Waals surface area contributed by atoms with Crippen molar-refractivity contribution in [3.8, 4) is 0 Å². The Morgan fingerprint density at radius 1 is 1.20 bits per heavy atom. The van der Waals surface area contributed by atoms with Crippen molar-refractivity contribution in [2.24, 2.45) is 5.92 Å². The SMILES string of the molecule is Cc1nn(CCO)c(C)c1CNCc1ccc(NC(=O)C(C)C)cc1. The van der Waals surface area contributed by atoms with E-state index < -0.39 is 0 Å². The van der Waals surface area contributed by atoms with Gasteiger partial charge in [-0.15, -0.1) is 0 Å². The molecule has 0 saturated carbocycles. The van der Waals surface area contributed by atoms with E-state index in [1.807, 2.05) is 56.6 Å². The Kier molecular flexibility index (Phi) is 6.73. The number of hydrogen-bond acceptors (Lipinski definition) is 4. The summed E-state index contributed by atoms with van der Waals surface area (Å²) in [5.41, 5.74) is 5.23. The number of nitrogens with zero attached hydrogens (tertiary/aromatic N) is 2. The smallest absolute Gasteiger partial charge is 0.226 e. The van der Waals surface area contributed by atoms with Gasteiger partial charge in [-0.25, -0.2) is 0 Å². The third-order valence-corrected chi connectivity index (χ3v) is 4.22. The van der Waals surface area contributed by atoms with Gasteiger partial charge in [0.1, 0.15) is 0 Å². The van der Waals surface area contributed by atoms with Crippen LogP contribution >= 0.6 is 0 Å². The molecule has 25 heavy (non-hydrogen) atoms. The molecule has 3 N–H and O–H groups in total. The van der Waals surface area contributed by atoms with Gasteiger partial charge in [0.15, 0.2) is 0 Å². The molecule has 6 nitrogen and oxygen atoms in total. The fraction of sp³-hybridized carbons (Fsp3) is 0.474. The summed E-state index contributed by atoms with van der Waals surface area (Å²) in [5, 5.41) is 19.8. The van der Waals surface area contributed by atoms with Crippen molar-refractivity contribution in [2.45, 2.75) is 47.3 Å². The predicted molar refractivity (Wildman–Crippen MR) is 99.2 cm³/mol. The molecule has 0 bridgehead atoms. The molecular formula is C19H28N4O2. The highest BCUT2D eigenvalue weighted by atomic mass is 16.3. The number of amides is 1. The first kappa shape index (κ1) is 19.1. The number of nitrogens with one attached hydrogen (secondary N) is 2. The first-order valence-electron chi connectivity index (χ1n) is 8.66. The van der Waals surface area contributed by atoms with E-state index in [1.54, 1.807) is 0 Å². The fourth-order valence-corrected chi connectivity index (χ4v) is 2.63. The lowest BCUT2D eigenvalue weighted by atomic mass is 10.1. The number of carbonyl (C=O) groups excluding carboxylic acids is 1. The molecule has 6 heteroatoms. The summed E-state index contributed by atoms with van der Waals surface area (Å²) in [6.45, 7) is 9.85. The van der Waals surface area contributed by atoms with Crippen LogP contribution in [0, 0.1) is 19.8 Å². The van der Waals surface area contributed by atoms with Gasteiger partial charge in [0.05, 0.1) is 18.8 Å². The van der Waals surface area contributed by atoms with Crippen LogP contribution in [0.2, 0.25) is 0 Å². The van der Waals surface area contributed by atoms with Crippen LogP contribution in [-0.2, 0) is 24.4 Å². The van der Waals surface area contributed by atoms with Crippen LogP contribution in [0.15, 0.2) is 24.3 Å². The number of carbonyl (C=O) groups is 1. The molecule has 0 fully saturated rings. The van der Waals surface area contributed by atoms with Crippen molar-refractivity contribution in [1.82, 2.24) is 15.1 Å². The van der Waals surface area contributed by atoms with E-state index in [-0.39, 0.29) is 18.4 Å². The highest BCUT2D eigenvalue weighted by Gasteiger charge is 2.11. The largest absolute Gasteiger partial charge is 0.394 e. The molecule has 0 aliphatic carbocycles. The van der Waals surface area contributed by atoms with E-state index in [9.17, 15) is 4.79 Å². The third kappa shape index (κ3) is 5.14. The molecule has 136 valence electrons. The molecule has 0 unspecified atom stereocenters. The molecule has 0 spiro atoms. The minimum absolute atomic E-state index is 0.0247. The summed E-state index contributed by atoms with van der Waals surface area (Å²) in [5.74, 6) is -0.00344. The molecule has 0 aliphatic rings. The Morgan fingerprint density at radius 3 is 2.48 bits per heavy atom. The second kappa shape index (κ2) is 8.78. The van der Waals surface area contributed by atoms with Crippen LogP contribution in [0.4, 0.5) is 5.69 Å². The third-order valence-electron chi connectivity index (χ3n) is 4.22. The lowest BCUT2D eigenvalue weighted by Crippen LogP contribution is -2.18. The number of anilines is 1. The zero-order chi connectivity index (χ0) is 18.4. The molecule has 2 aromatic rings. The number of hydrogen-bond donors (Lipinski definition) is 3. The Labute approximate surface area is 149 Å². The van der Waals surface area contributed by atoms with Crippen molar-refractivity contribution < 1.29 is 9.90 Å². The lowest BCUT2D eigenvalue weighted by molar-refractivity contribution is -0.118. The van der Waals surface area contributed by atoms with Crippen LogP contribution in [0.1, 0.15) is 36.4 Å². The molecule has 1 aromatic carbocycles. The topological polar surface area (TPSA) is 79.2 Å². The summed E-state index contributed by atoms with van der Waals surface area (Å²) in [6, 6.07) is 7.87. The number of benzene rings is 1. The normalized spacial score (nSPS) is 11.1. The average molecular weight is 344 g/mol. The standard InChI is InChI=1S/C19H28N4O2/c1-13(2)19(25)21-17-7-5-16(6-8-17)11-20-12-18-14(3)22-23(9-10-24)15(18)4/h5-8,13,20,24H,9-12H2,1-4H3,(H,21,25). The minimum atomic E-state index is -0.0282. The Hall–Kier alpha value is -2.18. The average Bonchev–Trinajstić information content (AvgIpc) is 2.84. The number of aromatic nitrogens is 2. The van der Waals surface area contributed by atoms with E-state index in [1.165, 1.54) is 5.56 Å². The Morgan fingerprint density at radius 2 is 1.88 bits per heavy atom. The Bertz CT molecular complexity index is 705. The van der Waals surface area contributed by atoms with Crippen molar-refractivity contribution in [3.05, 3.63) is 46.8 Å². The molecule has 0 saturated heterocycles. The van der Waals surface area contributed by atoms with Crippen LogP contribution in [0.5, 0.6) is 0 Å². The number of aliphatic hydroxyl groups excluding tert-OH is 1. The van der Waals surface area contributed by atoms with Crippen LogP contribution in [0.25, 0.3) is 0 Å². The summed E-state index contributed by atoms with van der Waals surface area (Å²) >= 11 is 0. The summed E-state index contributed by atoms with van der Waals surface area (Å²) in [4.78, 5) is 11.7. The summed E-state index contributed by atoms with van der Waals surface area (Å²) in [6.07, 6.45) is 0. The van der Waals surface area contributed by atoms with Crippen molar-refractivity contribution in [1.29, 1.82) is 0 Å². The number of aryl methyl sites for hydroxylation is 1. The molecule has 2 rings (SSSR count). The summed E-state index contributed by atoms with van der Waals surface area (Å²) < 4.78 is 1.85. The monoisotopic (exact) mass is 344 g/mol. The second-order valence-electron chi connectivity index (χ2n) is 6.54. The zero-order valence-electron chi connectivity index (χ0n) is 15.5. The molecule has 1 aromatic heterocycles. The van der Waals surface area contributed by atoms with Gasteiger partial charge in [0.25, 0.3) is 0 Å². The highest BCUT2D eigenvalue weighted by Crippen LogP contribution is 2.14.